The lowest BCUT2D eigenvalue weighted by Crippen LogP contribution is -2.48. The fourth-order valence-electron chi connectivity index (χ4n) is 2.22. The molecule has 0 radical (unpaired) electrons. The number of nitrogens with zero attached hydrogens (tertiary/aromatic N) is 1. The molecule has 0 aliphatic rings. The Morgan fingerprint density at radius 1 is 1.08 bits per heavy atom. The summed E-state index contributed by atoms with van der Waals surface area (Å²) in [5.41, 5.74) is 1.07. The highest BCUT2D eigenvalue weighted by atomic mass is 16.6. The van der Waals surface area contributed by atoms with Crippen LogP contribution >= 0.6 is 0 Å². The molecule has 24 heavy (non-hydrogen) atoms. The van der Waals surface area contributed by atoms with Gasteiger partial charge in [-0.2, -0.15) is 0 Å². The van der Waals surface area contributed by atoms with Crippen molar-refractivity contribution in [1.29, 1.82) is 0 Å². The van der Waals surface area contributed by atoms with E-state index in [1.165, 1.54) is 0 Å². The number of nitrogens with one attached hydrogen (secondary N) is 1. The maximum atomic E-state index is 11.9. The third-order valence-electron chi connectivity index (χ3n) is 3.33. The molecular formula is C18H20N2O4. The predicted molar refractivity (Wildman–Crippen MR) is 89.8 cm³/mol. The van der Waals surface area contributed by atoms with Crippen molar-refractivity contribution in [3.63, 3.8) is 0 Å². The van der Waals surface area contributed by atoms with Gasteiger partial charge in [-0.15, -0.1) is 0 Å². The van der Waals surface area contributed by atoms with Crippen LogP contribution in [-0.2, 0) is 11.3 Å². The van der Waals surface area contributed by atoms with Gasteiger partial charge in [0.25, 0.3) is 0 Å². The number of para-hydroxylation sites is 1. The van der Waals surface area contributed by atoms with Crippen molar-refractivity contribution in [1.82, 2.24) is 10.2 Å². The molecule has 1 atom stereocenters. The SMILES string of the molecule is CN(Cc1ccccc1)C[C@H](NC(=O)Oc1ccccc1)C(=O)O. The second-order valence-electron chi connectivity index (χ2n) is 5.42. The summed E-state index contributed by atoms with van der Waals surface area (Å²) >= 11 is 0. The first-order valence-electron chi connectivity index (χ1n) is 7.53. The molecule has 0 saturated carbocycles. The van der Waals surface area contributed by atoms with Gasteiger partial charge < -0.3 is 15.2 Å². The van der Waals surface area contributed by atoms with Crippen molar-refractivity contribution in [2.75, 3.05) is 13.6 Å². The first-order chi connectivity index (χ1) is 11.5. The van der Waals surface area contributed by atoms with Crippen LogP contribution < -0.4 is 10.1 Å². The molecule has 0 aromatic heterocycles. The van der Waals surface area contributed by atoms with Crippen molar-refractivity contribution in [3.05, 3.63) is 66.2 Å². The molecule has 2 rings (SSSR count). The first-order valence-corrected chi connectivity index (χ1v) is 7.53. The van der Waals surface area contributed by atoms with E-state index in [9.17, 15) is 14.7 Å². The van der Waals surface area contributed by atoms with Gasteiger partial charge in [-0.1, -0.05) is 48.5 Å². The number of carbonyl (C=O) groups excluding carboxylic acids is 1. The van der Waals surface area contributed by atoms with Crippen LogP contribution in [0.25, 0.3) is 0 Å². The molecule has 0 bridgehead atoms. The molecular weight excluding hydrogens is 308 g/mol. The first kappa shape index (κ1) is 17.5. The van der Waals surface area contributed by atoms with Gasteiger partial charge in [0.15, 0.2) is 0 Å². The molecule has 0 fully saturated rings. The fourth-order valence-corrected chi connectivity index (χ4v) is 2.22. The van der Waals surface area contributed by atoms with E-state index in [1.807, 2.05) is 35.2 Å². The lowest BCUT2D eigenvalue weighted by Gasteiger charge is -2.22. The Labute approximate surface area is 140 Å². The van der Waals surface area contributed by atoms with Crippen LogP contribution in [0.2, 0.25) is 0 Å². The lowest BCUT2D eigenvalue weighted by atomic mass is 10.2. The van der Waals surface area contributed by atoms with Crippen molar-refractivity contribution < 1.29 is 19.4 Å². The maximum absolute atomic E-state index is 11.9. The van der Waals surface area contributed by atoms with Crippen molar-refractivity contribution in [2.24, 2.45) is 0 Å². The minimum atomic E-state index is -1.11. The molecule has 2 aromatic rings. The maximum Gasteiger partial charge on any atom is 0.413 e. The van der Waals surface area contributed by atoms with Gasteiger partial charge in [0.05, 0.1) is 0 Å². The van der Waals surface area contributed by atoms with Crippen LogP contribution in [-0.4, -0.2) is 41.7 Å². The van der Waals surface area contributed by atoms with Crippen molar-refractivity contribution in [2.45, 2.75) is 12.6 Å². The van der Waals surface area contributed by atoms with E-state index in [0.717, 1.165) is 5.56 Å². The van der Waals surface area contributed by atoms with E-state index in [1.54, 1.807) is 37.4 Å². The molecule has 126 valence electrons. The highest BCUT2D eigenvalue weighted by Crippen LogP contribution is 2.08. The smallest absolute Gasteiger partial charge is 0.413 e. The van der Waals surface area contributed by atoms with Crippen LogP contribution in [0.5, 0.6) is 5.75 Å². The molecule has 0 heterocycles. The van der Waals surface area contributed by atoms with Crippen LogP contribution in [0.1, 0.15) is 5.56 Å². The number of hydrogen-bond donors (Lipinski definition) is 2. The summed E-state index contributed by atoms with van der Waals surface area (Å²) in [6.45, 7) is 0.744. The number of carboxylic acid groups (broad SMARTS) is 1. The zero-order valence-corrected chi connectivity index (χ0v) is 13.4. The monoisotopic (exact) mass is 328 g/mol. The number of ether oxygens (including phenoxy) is 1. The Bertz CT molecular complexity index is 661. The topological polar surface area (TPSA) is 78.9 Å². The number of benzene rings is 2. The third kappa shape index (κ3) is 5.73. The van der Waals surface area contributed by atoms with E-state index in [2.05, 4.69) is 5.32 Å². The van der Waals surface area contributed by atoms with Gasteiger partial charge in [-0.3, -0.25) is 4.90 Å². The largest absolute Gasteiger partial charge is 0.480 e. The summed E-state index contributed by atoms with van der Waals surface area (Å²) < 4.78 is 5.06. The highest BCUT2D eigenvalue weighted by molar-refractivity contribution is 5.81. The quantitative estimate of drug-likeness (QED) is 0.816. The van der Waals surface area contributed by atoms with Gasteiger partial charge >= 0.3 is 12.1 Å². The van der Waals surface area contributed by atoms with Gasteiger partial charge in [0.1, 0.15) is 11.8 Å². The minimum absolute atomic E-state index is 0.161. The highest BCUT2D eigenvalue weighted by Gasteiger charge is 2.22. The summed E-state index contributed by atoms with van der Waals surface area (Å²) in [6.07, 6.45) is -0.790. The van der Waals surface area contributed by atoms with Crippen LogP contribution in [0, 0.1) is 0 Å². The molecule has 2 aromatic carbocycles. The number of carbonyl (C=O) groups is 2. The van der Waals surface area contributed by atoms with Crippen LogP contribution in [0.15, 0.2) is 60.7 Å². The van der Waals surface area contributed by atoms with Gasteiger partial charge in [-0.25, -0.2) is 9.59 Å². The number of carboxylic acids is 1. The predicted octanol–water partition coefficient (Wildman–Crippen LogP) is 2.36. The minimum Gasteiger partial charge on any atom is -0.480 e. The standard InChI is InChI=1S/C18H20N2O4/c1-20(12-14-8-4-2-5-9-14)13-16(17(21)22)19-18(23)24-15-10-6-3-7-11-15/h2-11,16H,12-13H2,1H3,(H,19,23)(H,21,22)/t16-/m0/s1. The van der Waals surface area contributed by atoms with E-state index in [4.69, 9.17) is 4.74 Å². The summed E-state index contributed by atoms with van der Waals surface area (Å²) in [4.78, 5) is 25.1. The van der Waals surface area contributed by atoms with Gasteiger partial charge in [-0.05, 0) is 24.7 Å². The van der Waals surface area contributed by atoms with Crippen LogP contribution in [0.3, 0.4) is 0 Å². The molecule has 0 spiro atoms. The van der Waals surface area contributed by atoms with Crippen molar-refractivity contribution in [3.8, 4) is 5.75 Å². The second-order valence-corrected chi connectivity index (χ2v) is 5.42. The summed E-state index contributed by atoms with van der Waals surface area (Å²) in [7, 11) is 1.80. The molecule has 6 heteroatoms. The average Bonchev–Trinajstić information content (AvgIpc) is 2.56. The number of hydrogen-bond acceptors (Lipinski definition) is 4. The molecule has 1 amide bonds. The zero-order chi connectivity index (χ0) is 17.4. The molecule has 2 N–H and O–H groups in total. The summed E-state index contributed by atoms with van der Waals surface area (Å²) in [5, 5.41) is 11.7. The Morgan fingerprint density at radius 2 is 1.67 bits per heavy atom. The molecule has 0 saturated heterocycles. The second kappa shape index (κ2) is 8.69. The van der Waals surface area contributed by atoms with E-state index in [-0.39, 0.29) is 6.54 Å². The Kier molecular flexibility index (Phi) is 6.33. The van der Waals surface area contributed by atoms with E-state index in [0.29, 0.717) is 12.3 Å². The number of likely N-dealkylation sites (N-methyl/N-ethyl adjacent to an activating group) is 1. The normalized spacial score (nSPS) is 11.8. The van der Waals surface area contributed by atoms with Gasteiger partial charge in [0, 0.05) is 13.1 Å². The number of amides is 1. The Morgan fingerprint density at radius 3 is 2.25 bits per heavy atom. The van der Waals surface area contributed by atoms with Gasteiger partial charge in [0.2, 0.25) is 0 Å². The lowest BCUT2D eigenvalue weighted by molar-refractivity contribution is -0.139. The number of rotatable bonds is 7. The third-order valence-corrected chi connectivity index (χ3v) is 3.33. The molecule has 0 aliphatic carbocycles. The average molecular weight is 328 g/mol. The number of aliphatic carboxylic acids is 1. The Balaban J connectivity index is 1.89. The van der Waals surface area contributed by atoms with E-state index < -0.39 is 18.1 Å². The summed E-state index contributed by atoms with van der Waals surface area (Å²) in [6, 6.07) is 17.1. The van der Waals surface area contributed by atoms with Crippen LogP contribution in [0.4, 0.5) is 4.79 Å². The molecule has 0 aliphatic heterocycles. The Hall–Kier alpha value is -2.86. The zero-order valence-electron chi connectivity index (χ0n) is 13.4. The fraction of sp³-hybridized carbons (Fsp3) is 0.222. The van der Waals surface area contributed by atoms with E-state index >= 15 is 0 Å². The molecule has 0 unspecified atom stereocenters. The molecule has 6 nitrogen and oxygen atoms in total. The summed E-state index contributed by atoms with van der Waals surface area (Å²) in [5.74, 6) is -0.753. The van der Waals surface area contributed by atoms with Crippen molar-refractivity contribution >= 4 is 12.1 Å².